The first-order valence-electron chi connectivity index (χ1n) is 5.70. The molecular weight excluding hydrogens is 303 g/mol. The molecule has 0 saturated carbocycles. The number of rotatable bonds is 4. The fraction of sp³-hybridized carbons (Fsp3) is 0.154. The summed E-state index contributed by atoms with van der Waals surface area (Å²) in [6, 6.07) is 6.62. The Bertz CT molecular complexity index is 620. The standard InChI is InChI=1S/C13H12Cl2N2O3/c1-7-9(13(18)17-16)5-8(20-7)6-19-12-10(14)3-2-4-11(12)15/h2-5H,6,16H2,1H3,(H,17,18). The van der Waals surface area contributed by atoms with Crippen molar-refractivity contribution in [3.05, 3.63) is 51.4 Å². The molecule has 106 valence electrons. The zero-order chi connectivity index (χ0) is 14.7. The second-order valence-electron chi connectivity index (χ2n) is 4.00. The number of hydrazine groups is 1. The van der Waals surface area contributed by atoms with Gasteiger partial charge in [-0.2, -0.15) is 0 Å². The second-order valence-corrected chi connectivity index (χ2v) is 4.81. The summed E-state index contributed by atoms with van der Waals surface area (Å²) in [4.78, 5) is 11.5. The maximum atomic E-state index is 11.5. The Hall–Kier alpha value is -1.69. The summed E-state index contributed by atoms with van der Waals surface area (Å²) in [5.74, 6) is 5.95. The quantitative estimate of drug-likeness (QED) is 0.516. The van der Waals surface area contributed by atoms with E-state index in [9.17, 15) is 4.79 Å². The predicted octanol–water partition coefficient (Wildman–Crippen LogP) is 3.08. The van der Waals surface area contributed by atoms with E-state index < -0.39 is 5.91 Å². The molecule has 1 amide bonds. The van der Waals surface area contributed by atoms with Crippen LogP contribution >= 0.6 is 23.2 Å². The number of benzene rings is 1. The molecule has 0 unspecified atom stereocenters. The largest absolute Gasteiger partial charge is 0.483 e. The van der Waals surface area contributed by atoms with Crippen molar-refractivity contribution in [3.63, 3.8) is 0 Å². The zero-order valence-corrected chi connectivity index (χ0v) is 12.1. The molecule has 0 radical (unpaired) electrons. The van der Waals surface area contributed by atoms with Crippen LogP contribution in [-0.2, 0) is 6.61 Å². The summed E-state index contributed by atoms with van der Waals surface area (Å²) in [6.07, 6.45) is 0. The Balaban J connectivity index is 2.14. The van der Waals surface area contributed by atoms with Crippen LogP contribution in [0.2, 0.25) is 10.0 Å². The SMILES string of the molecule is Cc1oc(COc2c(Cl)cccc2Cl)cc1C(=O)NN. The van der Waals surface area contributed by atoms with Crippen molar-refractivity contribution in [3.8, 4) is 5.75 Å². The van der Waals surface area contributed by atoms with E-state index in [1.54, 1.807) is 31.2 Å². The normalized spacial score (nSPS) is 10.4. The molecular formula is C13H12Cl2N2O3. The second kappa shape index (κ2) is 6.17. The number of amides is 1. The van der Waals surface area contributed by atoms with Gasteiger partial charge in [0.05, 0.1) is 15.6 Å². The van der Waals surface area contributed by atoms with E-state index in [2.05, 4.69) is 0 Å². The molecule has 1 aromatic heterocycles. The van der Waals surface area contributed by atoms with Gasteiger partial charge in [-0.3, -0.25) is 10.2 Å². The Morgan fingerprint density at radius 3 is 2.65 bits per heavy atom. The number of nitrogens with two attached hydrogens (primary N) is 1. The van der Waals surface area contributed by atoms with Crippen LogP contribution in [-0.4, -0.2) is 5.91 Å². The van der Waals surface area contributed by atoms with E-state index >= 15 is 0 Å². The number of hydrogen-bond acceptors (Lipinski definition) is 4. The van der Waals surface area contributed by atoms with Crippen LogP contribution in [0.3, 0.4) is 0 Å². The molecule has 0 spiro atoms. The van der Waals surface area contributed by atoms with Gasteiger partial charge in [0.25, 0.3) is 5.91 Å². The fourth-order valence-electron chi connectivity index (χ4n) is 1.68. The smallest absolute Gasteiger partial charge is 0.268 e. The van der Waals surface area contributed by atoms with Gasteiger partial charge in [0.2, 0.25) is 0 Å². The Morgan fingerprint density at radius 2 is 2.05 bits per heavy atom. The summed E-state index contributed by atoms with van der Waals surface area (Å²) in [5.41, 5.74) is 2.40. The number of hydrogen-bond donors (Lipinski definition) is 2. The summed E-state index contributed by atoms with van der Waals surface area (Å²) < 4.78 is 10.9. The first kappa shape index (κ1) is 14.7. The third-order valence-electron chi connectivity index (χ3n) is 2.62. The van der Waals surface area contributed by atoms with E-state index in [-0.39, 0.29) is 6.61 Å². The van der Waals surface area contributed by atoms with Gasteiger partial charge in [-0.25, -0.2) is 5.84 Å². The molecule has 2 rings (SSSR count). The van der Waals surface area contributed by atoms with Crippen molar-refractivity contribution in [2.24, 2.45) is 5.84 Å². The van der Waals surface area contributed by atoms with Crippen molar-refractivity contribution in [2.45, 2.75) is 13.5 Å². The highest BCUT2D eigenvalue weighted by Crippen LogP contribution is 2.33. The lowest BCUT2D eigenvalue weighted by Crippen LogP contribution is -2.30. The first-order valence-corrected chi connectivity index (χ1v) is 6.45. The third-order valence-corrected chi connectivity index (χ3v) is 3.22. The summed E-state index contributed by atoms with van der Waals surface area (Å²) in [7, 11) is 0. The maximum Gasteiger partial charge on any atom is 0.268 e. The molecule has 20 heavy (non-hydrogen) atoms. The Labute approximate surface area is 125 Å². The first-order chi connectivity index (χ1) is 9.52. The molecule has 0 fully saturated rings. The lowest BCUT2D eigenvalue weighted by Gasteiger charge is -2.07. The number of ether oxygens (including phenoxy) is 1. The van der Waals surface area contributed by atoms with Gasteiger partial charge in [0.15, 0.2) is 5.75 Å². The van der Waals surface area contributed by atoms with E-state index in [0.717, 1.165) is 0 Å². The molecule has 3 N–H and O–H groups in total. The van der Waals surface area contributed by atoms with Crippen LogP contribution < -0.4 is 16.0 Å². The molecule has 7 heteroatoms. The van der Waals surface area contributed by atoms with Crippen LogP contribution in [0.5, 0.6) is 5.75 Å². The van der Waals surface area contributed by atoms with Gasteiger partial charge in [-0.05, 0) is 25.1 Å². The van der Waals surface area contributed by atoms with Crippen molar-refractivity contribution in [1.82, 2.24) is 5.43 Å². The molecule has 2 aromatic rings. The van der Waals surface area contributed by atoms with Gasteiger partial charge in [-0.15, -0.1) is 0 Å². The van der Waals surface area contributed by atoms with Gasteiger partial charge in [0, 0.05) is 0 Å². The highest BCUT2D eigenvalue weighted by atomic mass is 35.5. The monoisotopic (exact) mass is 314 g/mol. The molecule has 0 aliphatic heterocycles. The Kier molecular flexibility index (Phi) is 4.54. The van der Waals surface area contributed by atoms with Gasteiger partial charge in [0.1, 0.15) is 18.1 Å². The summed E-state index contributed by atoms with van der Waals surface area (Å²) in [6.45, 7) is 1.76. The number of halogens is 2. The number of nitrogens with one attached hydrogen (secondary N) is 1. The fourth-order valence-corrected chi connectivity index (χ4v) is 2.19. The van der Waals surface area contributed by atoms with E-state index in [0.29, 0.717) is 32.9 Å². The Morgan fingerprint density at radius 1 is 1.40 bits per heavy atom. The van der Waals surface area contributed by atoms with Gasteiger partial charge in [-0.1, -0.05) is 29.3 Å². The van der Waals surface area contributed by atoms with Crippen LogP contribution in [0.15, 0.2) is 28.7 Å². The number of carbonyl (C=O) groups excluding carboxylic acids is 1. The van der Waals surface area contributed by atoms with E-state index in [4.69, 9.17) is 38.2 Å². The van der Waals surface area contributed by atoms with Crippen molar-refractivity contribution in [2.75, 3.05) is 0 Å². The topological polar surface area (TPSA) is 77.5 Å². The highest BCUT2D eigenvalue weighted by molar-refractivity contribution is 6.37. The van der Waals surface area contributed by atoms with Gasteiger partial charge >= 0.3 is 0 Å². The number of para-hydroxylation sites is 1. The van der Waals surface area contributed by atoms with E-state index in [1.165, 1.54) is 0 Å². The molecule has 1 aromatic carbocycles. The number of furan rings is 1. The average molecular weight is 315 g/mol. The van der Waals surface area contributed by atoms with Crippen LogP contribution in [0.25, 0.3) is 0 Å². The number of carbonyl (C=O) groups is 1. The average Bonchev–Trinajstić information content (AvgIpc) is 2.78. The van der Waals surface area contributed by atoms with Crippen LogP contribution in [0.4, 0.5) is 0 Å². The summed E-state index contributed by atoms with van der Waals surface area (Å²) in [5, 5.41) is 0.807. The highest BCUT2D eigenvalue weighted by Gasteiger charge is 2.15. The molecule has 0 saturated heterocycles. The molecule has 0 atom stereocenters. The number of aryl methyl sites for hydroxylation is 1. The number of nitrogen functional groups attached to an aromatic ring is 1. The lowest BCUT2D eigenvalue weighted by atomic mass is 10.2. The van der Waals surface area contributed by atoms with Crippen LogP contribution in [0.1, 0.15) is 21.9 Å². The molecule has 1 heterocycles. The molecule has 0 bridgehead atoms. The van der Waals surface area contributed by atoms with Crippen molar-refractivity contribution >= 4 is 29.1 Å². The van der Waals surface area contributed by atoms with Crippen molar-refractivity contribution < 1.29 is 13.9 Å². The summed E-state index contributed by atoms with van der Waals surface area (Å²) >= 11 is 12.0. The van der Waals surface area contributed by atoms with Crippen LogP contribution in [0, 0.1) is 6.92 Å². The zero-order valence-electron chi connectivity index (χ0n) is 10.6. The minimum Gasteiger partial charge on any atom is -0.483 e. The minimum atomic E-state index is -0.423. The van der Waals surface area contributed by atoms with Gasteiger partial charge < -0.3 is 9.15 Å². The third kappa shape index (κ3) is 3.07. The van der Waals surface area contributed by atoms with Crippen molar-refractivity contribution in [1.29, 1.82) is 0 Å². The molecule has 0 aliphatic carbocycles. The molecule has 5 nitrogen and oxygen atoms in total. The van der Waals surface area contributed by atoms with E-state index in [1.807, 2.05) is 5.43 Å². The minimum absolute atomic E-state index is 0.0993. The maximum absolute atomic E-state index is 11.5. The predicted molar refractivity (Wildman–Crippen MR) is 75.9 cm³/mol. The molecule has 0 aliphatic rings. The lowest BCUT2D eigenvalue weighted by molar-refractivity contribution is 0.0952.